The van der Waals surface area contributed by atoms with Crippen molar-refractivity contribution in [1.82, 2.24) is 14.1 Å². The number of rotatable bonds is 6. The fourth-order valence-electron chi connectivity index (χ4n) is 4.42. The molecule has 0 spiro atoms. The van der Waals surface area contributed by atoms with Gasteiger partial charge in [0.2, 0.25) is 0 Å². The van der Waals surface area contributed by atoms with Crippen LogP contribution in [-0.4, -0.2) is 33.4 Å². The first kappa shape index (κ1) is 23.6. The number of carbonyl (C=O) groups is 1. The Morgan fingerprint density at radius 2 is 1.89 bits per heavy atom. The highest BCUT2D eigenvalue weighted by Gasteiger charge is 2.22. The predicted octanol–water partition coefficient (Wildman–Crippen LogP) is 4.58. The van der Waals surface area contributed by atoms with E-state index in [1.54, 1.807) is 40.6 Å². The molecule has 186 valence electrons. The fraction of sp³-hybridized carbons (Fsp3) is 0.296. The molecule has 9 heteroatoms. The van der Waals surface area contributed by atoms with Gasteiger partial charge in [-0.2, -0.15) is 0 Å². The number of fused-ring (bicyclic) bond motifs is 1. The molecule has 2 aromatic carbocycles. The Morgan fingerprint density at radius 1 is 1.11 bits per heavy atom. The van der Waals surface area contributed by atoms with Crippen LogP contribution in [0.4, 0.5) is 10.6 Å². The number of pyridine rings is 1. The van der Waals surface area contributed by atoms with Crippen LogP contribution in [-0.2, 0) is 18.4 Å². The first-order valence-corrected chi connectivity index (χ1v) is 11.9. The molecule has 0 saturated carbocycles. The number of hydrogen-bond acceptors (Lipinski definition) is 6. The third kappa shape index (κ3) is 4.96. The molecule has 0 unspecified atom stereocenters. The van der Waals surface area contributed by atoms with Gasteiger partial charge in [-0.1, -0.05) is 30.3 Å². The third-order valence-electron chi connectivity index (χ3n) is 6.36. The quantitative estimate of drug-likeness (QED) is 0.427. The molecule has 1 aliphatic heterocycles. The second-order valence-corrected chi connectivity index (χ2v) is 8.83. The van der Waals surface area contributed by atoms with E-state index in [1.807, 2.05) is 43.3 Å². The lowest BCUT2D eigenvalue weighted by atomic mass is 10.1. The number of ether oxygens (including phenoxy) is 3. The molecule has 1 fully saturated rings. The van der Waals surface area contributed by atoms with E-state index in [2.05, 4.69) is 10.3 Å². The molecule has 5 rings (SSSR count). The molecule has 1 amide bonds. The summed E-state index contributed by atoms with van der Waals surface area (Å²) < 4.78 is 20.2. The Bertz CT molecular complexity index is 1440. The Hall–Kier alpha value is -4.11. The zero-order valence-electron chi connectivity index (χ0n) is 20.3. The Labute approximate surface area is 208 Å². The van der Waals surface area contributed by atoms with Crippen LogP contribution < -0.4 is 20.5 Å². The number of aryl methyl sites for hydroxylation is 2. The Kier molecular flexibility index (Phi) is 6.73. The summed E-state index contributed by atoms with van der Waals surface area (Å²) in [6.07, 6.45) is 2.44. The van der Waals surface area contributed by atoms with Crippen LogP contribution in [0, 0.1) is 6.92 Å². The highest BCUT2D eigenvalue weighted by atomic mass is 16.6. The number of anilines is 1. The van der Waals surface area contributed by atoms with Gasteiger partial charge in [-0.3, -0.25) is 14.5 Å². The van der Waals surface area contributed by atoms with Crippen molar-refractivity contribution < 1.29 is 19.0 Å². The van der Waals surface area contributed by atoms with Crippen LogP contribution in [0.3, 0.4) is 0 Å². The monoisotopic (exact) mass is 488 g/mol. The Balaban J connectivity index is 1.28. The highest BCUT2D eigenvalue weighted by molar-refractivity contribution is 5.88. The van der Waals surface area contributed by atoms with Crippen LogP contribution in [0.2, 0.25) is 0 Å². The second-order valence-electron chi connectivity index (χ2n) is 8.83. The third-order valence-corrected chi connectivity index (χ3v) is 6.36. The minimum absolute atomic E-state index is 0.0439. The van der Waals surface area contributed by atoms with E-state index in [4.69, 9.17) is 14.2 Å². The lowest BCUT2D eigenvalue weighted by molar-refractivity contribution is 0.0696. The van der Waals surface area contributed by atoms with Gasteiger partial charge in [-0.15, -0.1) is 0 Å². The summed E-state index contributed by atoms with van der Waals surface area (Å²) in [4.78, 5) is 29.8. The lowest BCUT2D eigenvalue weighted by Crippen LogP contribution is -2.29. The van der Waals surface area contributed by atoms with Crippen molar-refractivity contribution in [3.8, 4) is 11.5 Å². The van der Waals surface area contributed by atoms with Gasteiger partial charge in [0.05, 0.1) is 17.2 Å². The van der Waals surface area contributed by atoms with Crippen LogP contribution >= 0.6 is 0 Å². The molecule has 0 bridgehead atoms. The molecular formula is C27H28N4O5. The van der Waals surface area contributed by atoms with E-state index in [9.17, 15) is 9.59 Å². The van der Waals surface area contributed by atoms with Crippen molar-refractivity contribution in [2.24, 2.45) is 7.05 Å². The maximum Gasteiger partial charge on any atom is 0.418 e. The van der Waals surface area contributed by atoms with Crippen molar-refractivity contribution >= 4 is 22.9 Å². The number of nitrogens with zero attached hydrogens (tertiary/aromatic N) is 3. The van der Waals surface area contributed by atoms with Gasteiger partial charge in [0.15, 0.2) is 0 Å². The van der Waals surface area contributed by atoms with Gasteiger partial charge in [-0.05, 0) is 49.1 Å². The average Bonchev–Trinajstić information content (AvgIpc) is 3.14. The standard InChI is InChI=1S/C27H28N4O5/c1-18-14-21(35-17-19-6-4-3-5-7-19)8-9-24(18)36-26(32)29-25-15-22-23(16-28-25)30(2)27(33)31(22)20-10-12-34-13-11-20/h3-9,14-16,20H,10-13,17H2,1-2H3,(H,28,29,32). The smallest absolute Gasteiger partial charge is 0.418 e. The van der Waals surface area contributed by atoms with Crippen molar-refractivity contribution in [3.05, 3.63) is 82.4 Å². The summed E-state index contributed by atoms with van der Waals surface area (Å²) in [6.45, 7) is 3.53. The van der Waals surface area contributed by atoms with Gasteiger partial charge in [-0.25, -0.2) is 14.6 Å². The van der Waals surface area contributed by atoms with E-state index in [0.29, 0.717) is 42.7 Å². The maximum absolute atomic E-state index is 12.9. The lowest BCUT2D eigenvalue weighted by Gasteiger charge is -2.23. The fourth-order valence-corrected chi connectivity index (χ4v) is 4.42. The molecular weight excluding hydrogens is 460 g/mol. The van der Waals surface area contributed by atoms with Crippen molar-refractivity contribution in [2.75, 3.05) is 18.5 Å². The molecule has 1 aliphatic rings. The number of aromatic nitrogens is 3. The van der Waals surface area contributed by atoms with Gasteiger partial charge in [0.25, 0.3) is 0 Å². The average molecular weight is 489 g/mol. The van der Waals surface area contributed by atoms with Crippen LogP contribution in [0.25, 0.3) is 11.0 Å². The maximum atomic E-state index is 12.9. The molecule has 1 saturated heterocycles. The van der Waals surface area contributed by atoms with Crippen molar-refractivity contribution in [2.45, 2.75) is 32.4 Å². The minimum Gasteiger partial charge on any atom is -0.489 e. The number of benzene rings is 2. The van der Waals surface area contributed by atoms with Gasteiger partial charge >= 0.3 is 11.8 Å². The van der Waals surface area contributed by atoms with E-state index >= 15 is 0 Å². The summed E-state index contributed by atoms with van der Waals surface area (Å²) in [5.74, 6) is 1.41. The molecule has 36 heavy (non-hydrogen) atoms. The molecule has 0 radical (unpaired) electrons. The number of imidazole rings is 1. The SMILES string of the molecule is Cc1cc(OCc2ccccc2)ccc1OC(=O)Nc1cc2c(cn1)n(C)c(=O)n2C1CCOCC1. The summed E-state index contributed by atoms with van der Waals surface area (Å²) >= 11 is 0. The van der Waals surface area contributed by atoms with Crippen molar-refractivity contribution in [1.29, 1.82) is 0 Å². The van der Waals surface area contributed by atoms with Gasteiger partial charge in [0, 0.05) is 32.4 Å². The summed E-state index contributed by atoms with van der Waals surface area (Å²) in [5.41, 5.74) is 3.14. The largest absolute Gasteiger partial charge is 0.489 e. The zero-order valence-corrected chi connectivity index (χ0v) is 20.3. The zero-order chi connectivity index (χ0) is 25.1. The number of carbonyl (C=O) groups excluding carboxylic acids is 1. The van der Waals surface area contributed by atoms with E-state index < -0.39 is 6.09 Å². The second kappa shape index (κ2) is 10.2. The van der Waals surface area contributed by atoms with E-state index in [0.717, 1.165) is 29.5 Å². The number of amides is 1. The molecule has 2 aromatic heterocycles. The van der Waals surface area contributed by atoms with Gasteiger partial charge < -0.3 is 14.2 Å². The normalized spacial score (nSPS) is 14.1. The molecule has 3 heterocycles. The predicted molar refractivity (Wildman–Crippen MR) is 136 cm³/mol. The highest BCUT2D eigenvalue weighted by Crippen LogP contribution is 2.27. The molecule has 1 N–H and O–H groups in total. The summed E-state index contributed by atoms with van der Waals surface area (Å²) in [6, 6.07) is 16.9. The number of hydrogen-bond donors (Lipinski definition) is 1. The molecule has 0 atom stereocenters. The first-order chi connectivity index (χ1) is 17.5. The van der Waals surface area contributed by atoms with E-state index in [-0.39, 0.29) is 11.7 Å². The molecule has 0 aliphatic carbocycles. The van der Waals surface area contributed by atoms with Gasteiger partial charge in [0.1, 0.15) is 23.9 Å². The molecule has 4 aromatic rings. The van der Waals surface area contributed by atoms with Crippen molar-refractivity contribution in [3.63, 3.8) is 0 Å². The van der Waals surface area contributed by atoms with Crippen LogP contribution in [0.1, 0.15) is 30.0 Å². The van der Waals surface area contributed by atoms with Crippen LogP contribution in [0.15, 0.2) is 65.6 Å². The van der Waals surface area contributed by atoms with E-state index in [1.165, 1.54) is 0 Å². The minimum atomic E-state index is -0.668. The number of nitrogens with one attached hydrogen (secondary N) is 1. The van der Waals surface area contributed by atoms with Crippen LogP contribution in [0.5, 0.6) is 11.5 Å². The summed E-state index contributed by atoms with van der Waals surface area (Å²) in [5, 5.41) is 2.68. The first-order valence-electron chi connectivity index (χ1n) is 11.9. The molecule has 9 nitrogen and oxygen atoms in total. The summed E-state index contributed by atoms with van der Waals surface area (Å²) in [7, 11) is 1.72. The Morgan fingerprint density at radius 3 is 2.64 bits per heavy atom. The topological polar surface area (TPSA) is 96.6 Å².